The van der Waals surface area contributed by atoms with E-state index in [1.807, 2.05) is 6.92 Å². The van der Waals surface area contributed by atoms with Crippen LogP contribution in [0.3, 0.4) is 0 Å². The number of fused-ring (bicyclic) bond motifs is 1. The van der Waals surface area contributed by atoms with Gasteiger partial charge in [0, 0.05) is 5.56 Å². The number of halogens is 1. The number of nitrogens with zero attached hydrogens (tertiary/aromatic N) is 6. The van der Waals surface area contributed by atoms with Gasteiger partial charge in [-0.1, -0.05) is 23.1 Å². The molecule has 1 aromatic carbocycles. The highest BCUT2D eigenvalue weighted by Gasteiger charge is 2.12. The first-order chi connectivity index (χ1) is 13.1. The second-order valence-electron chi connectivity index (χ2n) is 5.44. The third-order valence-corrected chi connectivity index (χ3v) is 5.14. The SMILES string of the molecule is Cc1nnc(NC(=O)CSc2ccc3nnc(-c4ccc(F)cc4)n3n2)s1. The molecule has 0 aliphatic heterocycles. The molecule has 1 N–H and O–H groups in total. The van der Waals surface area contributed by atoms with Crippen LogP contribution in [0.15, 0.2) is 41.4 Å². The molecule has 0 unspecified atom stereocenters. The number of hydrogen-bond donors (Lipinski definition) is 1. The molecule has 3 heterocycles. The first-order valence-corrected chi connectivity index (χ1v) is 9.60. The van der Waals surface area contributed by atoms with E-state index in [1.165, 1.54) is 35.2 Å². The maximum Gasteiger partial charge on any atom is 0.236 e. The van der Waals surface area contributed by atoms with Crippen molar-refractivity contribution < 1.29 is 9.18 Å². The van der Waals surface area contributed by atoms with Crippen LogP contribution in [0, 0.1) is 12.7 Å². The van der Waals surface area contributed by atoms with Gasteiger partial charge < -0.3 is 0 Å². The third-order valence-electron chi connectivity index (χ3n) is 3.46. The van der Waals surface area contributed by atoms with Crippen molar-refractivity contribution >= 4 is 39.8 Å². The summed E-state index contributed by atoms with van der Waals surface area (Å²) in [6.45, 7) is 1.82. The molecule has 0 atom stereocenters. The van der Waals surface area contributed by atoms with Crippen molar-refractivity contribution in [2.75, 3.05) is 11.1 Å². The van der Waals surface area contributed by atoms with E-state index in [2.05, 4.69) is 30.8 Å². The minimum Gasteiger partial charge on any atom is -0.300 e. The lowest BCUT2D eigenvalue weighted by atomic mass is 10.2. The standard InChI is InChI=1S/C16H12FN7OS2/c1-9-19-22-16(27-9)18-13(25)8-26-14-7-6-12-20-21-15(24(12)23-14)10-2-4-11(17)5-3-10/h2-7H,8H2,1H3,(H,18,22,25). The van der Waals surface area contributed by atoms with Crippen molar-refractivity contribution in [2.45, 2.75) is 11.9 Å². The lowest BCUT2D eigenvalue weighted by Crippen LogP contribution is -2.14. The van der Waals surface area contributed by atoms with Crippen LogP contribution in [0.1, 0.15) is 5.01 Å². The van der Waals surface area contributed by atoms with Gasteiger partial charge >= 0.3 is 0 Å². The number of amides is 1. The molecule has 4 aromatic rings. The van der Waals surface area contributed by atoms with Crippen LogP contribution in [-0.4, -0.2) is 41.7 Å². The fourth-order valence-electron chi connectivity index (χ4n) is 2.27. The highest BCUT2D eigenvalue weighted by molar-refractivity contribution is 7.99. The normalized spacial score (nSPS) is 11.0. The average Bonchev–Trinajstić information content (AvgIpc) is 3.26. The van der Waals surface area contributed by atoms with Crippen molar-refractivity contribution in [3.63, 3.8) is 0 Å². The van der Waals surface area contributed by atoms with Crippen LogP contribution >= 0.6 is 23.1 Å². The number of anilines is 1. The molecule has 0 bridgehead atoms. The van der Waals surface area contributed by atoms with Gasteiger partial charge in [0.25, 0.3) is 0 Å². The summed E-state index contributed by atoms with van der Waals surface area (Å²) in [5.41, 5.74) is 1.26. The van der Waals surface area contributed by atoms with Crippen LogP contribution in [0.4, 0.5) is 9.52 Å². The van der Waals surface area contributed by atoms with E-state index in [0.717, 1.165) is 5.01 Å². The van der Waals surface area contributed by atoms with Crippen molar-refractivity contribution in [1.82, 2.24) is 30.0 Å². The molecule has 0 fully saturated rings. The lowest BCUT2D eigenvalue weighted by molar-refractivity contribution is -0.113. The van der Waals surface area contributed by atoms with E-state index >= 15 is 0 Å². The van der Waals surface area contributed by atoms with Crippen LogP contribution in [0.5, 0.6) is 0 Å². The van der Waals surface area contributed by atoms with Gasteiger partial charge in [0.2, 0.25) is 11.0 Å². The summed E-state index contributed by atoms with van der Waals surface area (Å²) >= 11 is 2.59. The molecule has 27 heavy (non-hydrogen) atoms. The number of carbonyl (C=O) groups is 1. The van der Waals surface area contributed by atoms with E-state index in [4.69, 9.17) is 0 Å². The molecule has 0 aliphatic carbocycles. The Kier molecular flexibility index (Phi) is 4.77. The predicted octanol–water partition coefficient (Wildman–Crippen LogP) is 2.82. The smallest absolute Gasteiger partial charge is 0.236 e. The largest absolute Gasteiger partial charge is 0.300 e. The van der Waals surface area contributed by atoms with Gasteiger partial charge in [-0.05, 0) is 43.3 Å². The number of benzene rings is 1. The molecular formula is C16H12FN7OS2. The maximum absolute atomic E-state index is 13.1. The first-order valence-electron chi connectivity index (χ1n) is 7.80. The molecule has 0 aliphatic rings. The fourth-order valence-corrected chi connectivity index (χ4v) is 3.53. The first kappa shape index (κ1) is 17.5. The summed E-state index contributed by atoms with van der Waals surface area (Å²) in [5, 5.41) is 25.0. The van der Waals surface area contributed by atoms with E-state index in [-0.39, 0.29) is 17.5 Å². The summed E-state index contributed by atoms with van der Waals surface area (Å²) in [6.07, 6.45) is 0. The Labute approximate surface area is 160 Å². The van der Waals surface area contributed by atoms with Crippen LogP contribution < -0.4 is 5.32 Å². The second kappa shape index (κ2) is 7.37. The van der Waals surface area contributed by atoms with Gasteiger partial charge in [0.1, 0.15) is 15.9 Å². The van der Waals surface area contributed by atoms with Gasteiger partial charge in [-0.15, -0.1) is 20.4 Å². The minimum atomic E-state index is -0.326. The molecule has 136 valence electrons. The highest BCUT2D eigenvalue weighted by atomic mass is 32.2. The second-order valence-corrected chi connectivity index (χ2v) is 7.61. The topological polar surface area (TPSA) is 98.0 Å². The summed E-state index contributed by atoms with van der Waals surface area (Å²) < 4.78 is 14.7. The molecule has 11 heteroatoms. The summed E-state index contributed by atoms with van der Waals surface area (Å²) in [6, 6.07) is 9.48. The molecule has 3 aromatic heterocycles. The monoisotopic (exact) mass is 401 g/mol. The zero-order valence-electron chi connectivity index (χ0n) is 14.0. The van der Waals surface area contributed by atoms with Crippen molar-refractivity contribution in [1.29, 1.82) is 0 Å². The van der Waals surface area contributed by atoms with Crippen LogP contribution in [-0.2, 0) is 4.79 Å². The van der Waals surface area contributed by atoms with Crippen molar-refractivity contribution in [3.05, 3.63) is 47.2 Å². The van der Waals surface area contributed by atoms with Gasteiger partial charge in [0.15, 0.2) is 11.5 Å². The molecule has 0 saturated carbocycles. The van der Waals surface area contributed by atoms with E-state index in [9.17, 15) is 9.18 Å². The minimum absolute atomic E-state index is 0.172. The lowest BCUT2D eigenvalue weighted by Gasteiger charge is -2.03. The van der Waals surface area contributed by atoms with E-state index < -0.39 is 0 Å². The Morgan fingerprint density at radius 2 is 1.96 bits per heavy atom. The van der Waals surface area contributed by atoms with Crippen LogP contribution in [0.2, 0.25) is 0 Å². The number of hydrogen-bond acceptors (Lipinski definition) is 8. The number of nitrogens with one attached hydrogen (secondary N) is 1. The Hall–Kier alpha value is -2.92. The Balaban J connectivity index is 1.50. The van der Waals surface area contributed by atoms with Gasteiger partial charge in [-0.25, -0.2) is 4.39 Å². The molecule has 0 radical (unpaired) electrons. The quantitative estimate of drug-likeness (QED) is 0.514. The van der Waals surface area contributed by atoms with Gasteiger partial charge in [-0.3, -0.25) is 10.1 Å². The van der Waals surface area contributed by atoms with Crippen molar-refractivity contribution in [2.24, 2.45) is 0 Å². The average molecular weight is 401 g/mol. The zero-order valence-corrected chi connectivity index (χ0v) is 15.6. The fraction of sp³-hybridized carbons (Fsp3) is 0.125. The summed E-state index contributed by atoms with van der Waals surface area (Å²) in [4.78, 5) is 12.0. The Bertz CT molecular complexity index is 1110. The number of aromatic nitrogens is 6. The highest BCUT2D eigenvalue weighted by Crippen LogP contribution is 2.21. The van der Waals surface area contributed by atoms with Gasteiger partial charge in [-0.2, -0.15) is 9.61 Å². The molecule has 0 spiro atoms. The summed E-state index contributed by atoms with van der Waals surface area (Å²) in [5.74, 6) is 0.153. The third kappa shape index (κ3) is 3.93. The maximum atomic E-state index is 13.1. The number of carbonyl (C=O) groups excluding carboxylic acids is 1. The Morgan fingerprint density at radius 1 is 1.15 bits per heavy atom. The van der Waals surface area contributed by atoms with Gasteiger partial charge in [0.05, 0.1) is 5.75 Å². The number of thioether (sulfide) groups is 1. The van der Waals surface area contributed by atoms with E-state index in [1.54, 1.807) is 28.8 Å². The molecule has 1 amide bonds. The number of aryl methyl sites for hydroxylation is 1. The molecule has 0 saturated heterocycles. The molecule has 8 nitrogen and oxygen atoms in total. The van der Waals surface area contributed by atoms with Crippen molar-refractivity contribution in [3.8, 4) is 11.4 Å². The Morgan fingerprint density at radius 3 is 2.70 bits per heavy atom. The van der Waals surface area contributed by atoms with Crippen LogP contribution in [0.25, 0.3) is 17.0 Å². The zero-order chi connectivity index (χ0) is 18.8. The summed E-state index contributed by atoms with van der Waals surface area (Å²) in [7, 11) is 0. The number of rotatable bonds is 5. The van der Waals surface area contributed by atoms with E-state index in [0.29, 0.717) is 27.2 Å². The molecular weight excluding hydrogens is 389 g/mol. The predicted molar refractivity (Wildman–Crippen MR) is 100 cm³/mol. The molecule has 4 rings (SSSR count).